The largest absolute Gasteiger partial charge is 0 e. The molecule has 0 bridgehead atoms. The Kier molecular flexibility index (Phi) is 9.67. The van der Waals surface area contributed by atoms with Gasteiger partial charge in [-0.15, -0.1) is 0 Å². The van der Waals surface area contributed by atoms with Gasteiger partial charge in [0.25, 0.3) is 0 Å². The maximum atomic E-state index is 2.58. The molecule has 0 aromatic heterocycles. The predicted octanol–water partition coefficient (Wildman–Crippen LogP) is 3.24. The zero-order chi connectivity index (χ0) is 15.6. The molecule has 0 aliphatic heterocycles. The van der Waals surface area contributed by atoms with Crippen LogP contribution in [0.2, 0.25) is 42.4 Å². The first-order valence-corrected chi connectivity index (χ1v) is 17.4. The van der Waals surface area contributed by atoms with E-state index in [4.69, 9.17) is 0 Å². The van der Waals surface area contributed by atoms with Gasteiger partial charge in [-0.25, -0.2) is 0 Å². The summed E-state index contributed by atoms with van der Waals surface area (Å²) >= 11 is -0.298. The van der Waals surface area contributed by atoms with Crippen LogP contribution in [0, 0.1) is 0 Å². The van der Waals surface area contributed by atoms with E-state index >= 15 is 0 Å². The summed E-state index contributed by atoms with van der Waals surface area (Å²) in [6, 6.07) is 9.21. The minimum Gasteiger partial charge on any atom is 0 e. The molecular formula is C16H31NNaSbSi2. The van der Waals surface area contributed by atoms with Gasteiger partial charge < -0.3 is 0 Å². The summed E-state index contributed by atoms with van der Waals surface area (Å²) in [6.07, 6.45) is 0. The molecule has 1 aromatic rings. The smallest absolute Gasteiger partial charge is 0 e. The third-order valence-electron chi connectivity index (χ3n) is 3.39. The maximum Gasteiger partial charge on any atom is 0 e. The molecule has 1 aromatic carbocycles. The Hall–Kier alpha value is 1.43. The molecule has 0 atom stereocenters. The zero-order valence-electron chi connectivity index (χ0n) is 15.5. The average Bonchev–Trinajstić information content (AvgIpc) is 2.23. The first-order valence-electron chi connectivity index (χ1n) is 7.45. The van der Waals surface area contributed by atoms with Crippen LogP contribution in [0.25, 0.3) is 0 Å². The van der Waals surface area contributed by atoms with E-state index in [1.807, 2.05) is 0 Å². The maximum absolute atomic E-state index is 2.58. The number of nitrogens with zero attached hydrogens (tertiary/aromatic N) is 1. The van der Waals surface area contributed by atoms with E-state index in [-0.39, 0.29) is 51.2 Å². The summed E-state index contributed by atoms with van der Waals surface area (Å²) in [5.41, 5.74) is 1.58. The molecule has 0 aliphatic carbocycles. The number of benzene rings is 1. The van der Waals surface area contributed by atoms with Gasteiger partial charge in [-0.1, -0.05) is 0 Å². The van der Waals surface area contributed by atoms with E-state index in [0.29, 0.717) is 0 Å². The van der Waals surface area contributed by atoms with Crippen LogP contribution >= 0.6 is 0 Å². The van der Waals surface area contributed by atoms with Crippen molar-refractivity contribution < 1.29 is 0 Å². The van der Waals surface area contributed by atoms with Gasteiger partial charge in [0.1, 0.15) is 0 Å². The molecule has 2 radical (unpaired) electrons. The second-order valence-corrected chi connectivity index (χ2v) is 25.8. The third-order valence-corrected chi connectivity index (χ3v) is 29.6. The van der Waals surface area contributed by atoms with Crippen LogP contribution in [-0.4, -0.2) is 86.3 Å². The van der Waals surface area contributed by atoms with Gasteiger partial charge in [-0.2, -0.15) is 0 Å². The molecule has 0 unspecified atom stereocenters. The van der Waals surface area contributed by atoms with E-state index in [0.717, 1.165) is 9.66 Å². The SMILES string of the molecule is CN(C)Cc1cccc[c]1[Sb][CH]([Si](C)(C)C)[Si](C)(C)C.[Na]. The minimum atomic E-state index is -1.05. The quantitative estimate of drug-likeness (QED) is 0.617. The van der Waals surface area contributed by atoms with E-state index in [2.05, 4.69) is 82.5 Å². The molecule has 0 spiro atoms. The van der Waals surface area contributed by atoms with E-state index in [9.17, 15) is 0 Å². The standard InChI is InChI=1S/C9H12N.C7H19Si2.Na.Sb/c1-10(2)8-9-6-4-3-5-7-9;1-8(2,3)7-9(4,5)6;;/h3-6H,8H2,1-2H3;7H,1-6H3;;. The summed E-state index contributed by atoms with van der Waals surface area (Å²) in [6.45, 7) is 16.6. The molecular weight excluding hydrogens is 407 g/mol. The van der Waals surface area contributed by atoms with Crippen molar-refractivity contribution in [2.24, 2.45) is 0 Å². The minimum absolute atomic E-state index is 0. The summed E-state index contributed by atoms with van der Waals surface area (Å²) in [4.78, 5) is 2.30. The molecule has 21 heavy (non-hydrogen) atoms. The van der Waals surface area contributed by atoms with E-state index in [1.54, 1.807) is 9.07 Å². The van der Waals surface area contributed by atoms with Crippen LogP contribution in [0.5, 0.6) is 0 Å². The fraction of sp³-hybridized carbons (Fsp3) is 0.625. The molecule has 0 amide bonds. The molecule has 5 heteroatoms. The van der Waals surface area contributed by atoms with Crippen molar-refractivity contribution in [3.8, 4) is 0 Å². The van der Waals surface area contributed by atoms with Crippen LogP contribution in [0.15, 0.2) is 24.3 Å². The van der Waals surface area contributed by atoms with E-state index in [1.165, 1.54) is 0 Å². The Morgan fingerprint density at radius 2 is 1.43 bits per heavy atom. The second-order valence-electron chi connectivity index (χ2n) is 8.13. The van der Waals surface area contributed by atoms with E-state index < -0.39 is 16.1 Å². The first kappa shape index (κ1) is 22.4. The average molecular weight is 438 g/mol. The Labute approximate surface area is 167 Å². The Morgan fingerprint density at radius 3 is 1.86 bits per heavy atom. The molecule has 0 saturated carbocycles. The van der Waals surface area contributed by atoms with Gasteiger partial charge in [0.15, 0.2) is 0 Å². The van der Waals surface area contributed by atoms with Gasteiger partial charge in [-0.3, -0.25) is 0 Å². The molecule has 0 heterocycles. The number of hydrogen-bond acceptors (Lipinski definition) is 1. The van der Waals surface area contributed by atoms with Crippen LogP contribution in [0.4, 0.5) is 0 Å². The third kappa shape index (κ3) is 7.69. The fourth-order valence-electron chi connectivity index (χ4n) is 2.94. The van der Waals surface area contributed by atoms with Gasteiger partial charge in [0.05, 0.1) is 0 Å². The normalized spacial score (nSPS) is 12.7. The molecule has 0 aliphatic rings. The summed E-state index contributed by atoms with van der Waals surface area (Å²) < 4.78 is 2.82. The molecule has 114 valence electrons. The van der Waals surface area contributed by atoms with Crippen LogP contribution in [0.1, 0.15) is 5.56 Å². The number of hydrogen-bond donors (Lipinski definition) is 0. The van der Waals surface area contributed by atoms with Crippen LogP contribution < -0.4 is 3.51 Å². The predicted molar refractivity (Wildman–Crippen MR) is 105 cm³/mol. The Bertz CT molecular complexity index is 425. The fourth-order valence-corrected chi connectivity index (χ4v) is 24.8. The van der Waals surface area contributed by atoms with Crippen molar-refractivity contribution in [3.05, 3.63) is 29.8 Å². The van der Waals surface area contributed by atoms with Crippen molar-refractivity contribution in [2.45, 2.75) is 48.9 Å². The van der Waals surface area contributed by atoms with Crippen molar-refractivity contribution in [1.29, 1.82) is 0 Å². The van der Waals surface area contributed by atoms with Gasteiger partial charge in [0, 0.05) is 29.6 Å². The molecule has 0 fully saturated rings. The topological polar surface area (TPSA) is 3.24 Å². The van der Waals surface area contributed by atoms with Crippen LogP contribution in [-0.2, 0) is 6.54 Å². The number of rotatable bonds is 6. The van der Waals surface area contributed by atoms with Gasteiger partial charge >= 0.3 is 139 Å². The summed E-state index contributed by atoms with van der Waals surface area (Å²) in [5, 5.41) is 0. The summed E-state index contributed by atoms with van der Waals surface area (Å²) in [7, 11) is 2.24. The Balaban J connectivity index is 0.00000400. The monoisotopic (exact) mass is 437 g/mol. The van der Waals surface area contributed by atoms with Crippen LogP contribution in [0.3, 0.4) is 0 Å². The van der Waals surface area contributed by atoms with Crippen molar-refractivity contribution in [1.82, 2.24) is 4.90 Å². The summed E-state index contributed by atoms with van der Waals surface area (Å²) in [5.74, 6) is 0. The molecule has 1 nitrogen and oxygen atoms in total. The van der Waals surface area contributed by atoms with Gasteiger partial charge in [0.2, 0.25) is 0 Å². The second kappa shape index (κ2) is 9.06. The molecule has 1 rings (SSSR count). The molecule has 0 saturated heterocycles. The van der Waals surface area contributed by atoms with Gasteiger partial charge in [-0.05, 0) is 0 Å². The van der Waals surface area contributed by atoms with Crippen molar-refractivity contribution in [2.75, 3.05) is 14.1 Å². The Morgan fingerprint density at radius 1 is 0.952 bits per heavy atom. The molecule has 0 N–H and O–H groups in total. The zero-order valence-corrected chi connectivity index (χ0v) is 22.0. The first-order chi connectivity index (χ1) is 9.01. The van der Waals surface area contributed by atoms with Crippen molar-refractivity contribution in [3.63, 3.8) is 0 Å². The van der Waals surface area contributed by atoms with Crippen molar-refractivity contribution >= 4 is 70.8 Å².